The van der Waals surface area contributed by atoms with Gasteiger partial charge in [-0.1, -0.05) is 42.0 Å². The number of hydrogen-bond acceptors (Lipinski definition) is 4. The molecule has 6 nitrogen and oxygen atoms in total. The van der Waals surface area contributed by atoms with E-state index in [0.717, 1.165) is 5.56 Å². The molecule has 0 atom stereocenters. The van der Waals surface area contributed by atoms with Crippen LogP contribution in [0, 0.1) is 6.92 Å². The van der Waals surface area contributed by atoms with Crippen LogP contribution in [0.15, 0.2) is 78.9 Å². The highest BCUT2D eigenvalue weighted by atomic mass is 32.1. The third kappa shape index (κ3) is 6.42. The lowest BCUT2D eigenvalue weighted by atomic mass is 10.2. The number of rotatable bonds is 6. The molecule has 3 aromatic rings. The minimum atomic E-state index is -0.374. The number of aryl methyl sites for hydroxylation is 1. The fourth-order valence-electron chi connectivity index (χ4n) is 2.58. The van der Waals surface area contributed by atoms with Crippen molar-refractivity contribution in [1.82, 2.24) is 5.32 Å². The van der Waals surface area contributed by atoms with Gasteiger partial charge in [0, 0.05) is 16.9 Å². The van der Waals surface area contributed by atoms with Gasteiger partial charge in [-0.2, -0.15) is 0 Å². The summed E-state index contributed by atoms with van der Waals surface area (Å²) < 4.78 is 5.43. The van der Waals surface area contributed by atoms with Gasteiger partial charge in [-0.05, 0) is 61.6 Å². The molecule has 152 valence electrons. The Hall–Kier alpha value is -3.71. The van der Waals surface area contributed by atoms with Gasteiger partial charge >= 0.3 is 0 Å². The van der Waals surface area contributed by atoms with Gasteiger partial charge in [-0.25, -0.2) is 0 Å². The van der Waals surface area contributed by atoms with Crippen molar-refractivity contribution in [3.05, 3.63) is 90.0 Å². The highest BCUT2D eigenvalue weighted by molar-refractivity contribution is 7.80. The number of carbonyl (C=O) groups excluding carboxylic acids is 2. The Balaban J connectivity index is 1.50. The summed E-state index contributed by atoms with van der Waals surface area (Å²) >= 11 is 5.18. The van der Waals surface area contributed by atoms with E-state index < -0.39 is 0 Å². The minimum Gasteiger partial charge on any atom is -0.484 e. The Labute approximate surface area is 180 Å². The second-order valence-corrected chi connectivity index (χ2v) is 6.91. The summed E-state index contributed by atoms with van der Waals surface area (Å²) in [7, 11) is 0. The van der Waals surface area contributed by atoms with Crippen LogP contribution in [0.3, 0.4) is 0 Å². The van der Waals surface area contributed by atoms with Crippen molar-refractivity contribution < 1.29 is 14.3 Å². The summed E-state index contributed by atoms with van der Waals surface area (Å²) in [5.74, 6) is 0.0231. The SMILES string of the molecule is Cc1ccc(OCC(=O)NC(=S)Nc2cccc(NC(=O)c3ccccc3)c2)cc1. The van der Waals surface area contributed by atoms with Crippen LogP contribution in [0.1, 0.15) is 15.9 Å². The average Bonchev–Trinajstić information content (AvgIpc) is 2.74. The summed E-state index contributed by atoms with van der Waals surface area (Å²) in [6.07, 6.45) is 0. The van der Waals surface area contributed by atoms with E-state index in [0.29, 0.717) is 22.7 Å². The van der Waals surface area contributed by atoms with E-state index in [1.807, 2.05) is 25.1 Å². The Morgan fingerprint density at radius 3 is 2.23 bits per heavy atom. The third-order valence-electron chi connectivity index (χ3n) is 4.06. The predicted molar refractivity (Wildman–Crippen MR) is 122 cm³/mol. The van der Waals surface area contributed by atoms with Crippen LogP contribution >= 0.6 is 12.2 Å². The molecular formula is C23H21N3O3S. The van der Waals surface area contributed by atoms with Crippen molar-refractivity contribution in [3.8, 4) is 5.75 Å². The van der Waals surface area contributed by atoms with Crippen molar-refractivity contribution >= 4 is 40.5 Å². The first-order valence-electron chi connectivity index (χ1n) is 9.26. The first-order chi connectivity index (χ1) is 14.5. The molecule has 0 spiro atoms. The third-order valence-corrected chi connectivity index (χ3v) is 4.26. The molecule has 0 bridgehead atoms. The maximum atomic E-state index is 12.3. The minimum absolute atomic E-state index is 0.138. The fraction of sp³-hybridized carbons (Fsp3) is 0.0870. The van der Waals surface area contributed by atoms with E-state index in [4.69, 9.17) is 17.0 Å². The number of anilines is 2. The Bertz CT molecular complexity index is 1040. The van der Waals surface area contributed by atoms with E-state index in [1.54, 1.807) is 60.7 Å². The molecule has 0 aliphatic heterocycles. The molecule has 7 heteroatoms. The molecular weight excluding hydrogens is 398 g/mol. The molecule has 0 aromatic heterocycles. The molecule has 0 aliphatic carbocycles. The second-order valence-electron chi connectivity index (χ2n) is 6.50. The zero-order valence-corrected chi connectivity index (χ0v) is 17.2. The highest BCUT2D eigenvalue weighted by Gasteiger charge is 2.08. The number of carbonyl (C=O) groups is 2. The topological polar surface area (TPSA) is 79.5 Å². The van der Waals surface area contributed by atoms with E-state index in [2.05, 4.69) is 16.0 Å². The maximum absolute atomic E-state index is 12.3. The standard InChI is InChI=1S/C23H21N3O3S/c1-16-10-12-20(13-11-16)29-15-21(27)26-23(30)25-19-9-5-8-18(14-19)24-22(28)17-6-3-2-4-7-17/h2-14H,15H2,1H3,(H,24,28)(H2,25,26,27,30). The smallest absolute Gasteiger partial charge is 0.264 e. The largest absolute Gasteiger partial charge is 0.484 e. The molecule has 2 amide bonds. The molecule has 0 heterocycles. The molecule has 0 radical (unpaired) electrons. The van der Waals surface area contributed by atoms with Crippen molar-refractivity contribution in [2.24, 2.45) is 0 Å². The lowest BCUT2D eigenvalue weighted by molar-refractivity contribution is -0.121. The Kier molecular flexibility index (Phi) is 7.13. The van der Waals surface area contributed by atoms with E-state index >= 15 is 0 Å². The zero-order valence-electron chi connectivity index (χ0n) is 16.3. The van der Waals surface area contributed by atoms with Crippen molar-refractivity contribution in [2.75, 3.05) is 17.2 Å². The quantitative estimate of drug-likeness (QED) is 0.524. The van der Waals surface area contributed by atoms with E-state index in [9.17, 15) is 9.59 Å². The van der Waals surface area contributed by atoms with Crippen molar-refractivity contribution in [1.29, 1.82) is 0 Å². The Morgan fingerprint density at radius 2 is 1.53 bits per heavy atom. The molecule has 0 saturated carbocycles. The molecule has 30 heavy (non-hydrogen) atoms. The lowest BCUT2D eigenvalue weighted by Gasteiger charge is -2.12. The summed E-state index contributed by atoms with van der Waals surface area (Å²) in [4.78, 5) is 24.3. The monoisotopic (exact) mass is 419 g/mol. The van der Waals surface area contributed by atoms with Gasteiger partial charge in [0.15, 0.2) is 11.7 Å². The molecule has 0 saturated heterocycles. The predicted octanol–water partition coefficient (Wildman–Crippen LogP) is 4.14. The van der Waals surface area contributed by atoms with Crippen LogP contribution in [-0.4, -0.2) is 23.5 Å². The van der Waals surface area contributed by atoms with Gasteiger partial charge in [0.05, 0.1) is 0 Å². The van der Waals surface area contributed by atoms with Gasteiger partial charge < -0.3 is 15.4 Å². The van der Waals surface area contributed by atoms with Crippen LogP contribution in [0.2, 0.25) is 0 Å². The van der Waals surface area contributed by atoms with Gasteiger partial charge in [-0.15, -0.1) is 0 Å². The number of nitrogens with one attached hydrogen (secondary N) is 3. The first kappa shape index (κ1) is 21.0. The molecule has 3 aromatic carbocycles. The molecule has 0 fully saturated rings. The van der Waals surface area contributed by atoms with Crippen LogP contribution < -0.4 is 20.7 Å². The highest BCUT2D eigenvalue weighted by Crippen LogP contribution is 2.16. The van der Waals surface area contributed by atoms with Crippen molar-refractivity contribution in [3.63, 3.8) is 0 Å². The van der Waals surface area contributed by atoms with Crippen LogP contribution in [-0.2, 0) is 4.79 Å². The summed E-state index contributed by atoms with van der Waals surface area (Å²) in [5, 5.41) is 8.45. The average molecular weight is 420 g/mol. The fourth-order valence-corrected chi connectivity index (χ4v) is 2.81. The normalized spacial score (nSPS) is 10.0. The van der Waals surface area contributed by atoms with Gasteiger partial charge in [0.25, 0.3) is 11.8 Å². The number of ether oxygens (including phenoxy) is 1. The molecule has 0 aliphatic rings. The summed E-state index contributed by atoms with van der Waals surface area (Å²) in [6, 6.07) is 23.4. The zero-order chi connectivity index (χ0) is 21.3. The van der Waals surface area contributed by atoms with Gasteiger partial charge in [-0.3, -0.25) is 14.9 Å². The van der Waals surface area contributed by atoms with Crippen LogP contribution in [0.4, 0.5) is 11.4 Å². The lowest BCUT2D eigenvalue weighted by Crippen LogP contribution is -2.37. The van der Waals surface area contributed by atoms with Crippen LogP contribution in [0.25, 0.3) is 0 Å². The number of thiocarbonyl (C=S) groups is 1. The van der Waals surface area contributed by atoms with Crippen molar-refractivity contribution in [2.45, 2.75) is 6.92 Å². The van der Waals surface area contributed by atoms with Gasteiger partial charge in [0.2, 0.25) is 0 Å². The number of benzene rings is 3. The number of amides is 2. The Morgan fingerprint density at radius 1 is 0.867 bits per heavy atom. The first-order valence-corrected chi connectivity index (χ1v) is 9.67. The van der Waals surface area contributed by atoms with Gasteiger partial charge in [0.1, 0.15) is 5.75 Å². The molecule has 3 rings (SSSR count). The van der Waals surface area contributed by atoms with E-state index in [-0.39, 0.29) is 23.5 Å². The van der Waals surface area contributed by atoms with Crippen LogP contribution in [0.5, 0.6) is 5.75 Å². The molecule has 3 N–H and O–H groups in total. The maximum Gasteiger partial charge on any atom is 0.264 e. The second kappa shape index (κ2) is 10.2. The summed E-state index contributed by atoms with van der Waals surface area (Å²) in [5.41, 5.74) is 2.91. The van der Waals surface area contributed by atoms with E-state index in [1.165, 1.54) is 0 Å². The summed E-state index contributed by atoms with van der Waals surface area (Å²) in [6.45, 7) is 1.82. The molecule has 0 unspecified atom stereocenters. The number of hydrogen-bond donors (Lipinski definition) is 3.